The number of carboxylic acids is 2. The zero-order valence-corrected chi connectivity index (χ0v) is 24.4. The van der Waals surface area contributed by atoms with Gasteiger partial charge in [-0.05, 0) is 0 Å². The van der Waals surface area contributed by atoms with Crippen LogP contribution in [-0.4, -0.2) is 55.2 Å². The molecule has 0 saturated heterocycles. The molecule has 0 atom stereocenters. The standard InChI is InChI=1S/C28H43O7PS/c1-5-9-17-36(18-10-6-2,19-11-7-3,20-12-8-4)35-37(33,34)26-24(28(31)32)16-15-22-13-14-23(27(29)30)21-25(22)26/h13-16,21H,5-12,17-20H2,1-4H3,(H,29,30)(H,31,32). The number of rotatable bonds is 17. The molecule has 0 amide bonds. The molecule has 0 unspecified atom stereocenters. The Labute approximate surface area is 221 Å². The molecule has 0 spiro atoms. The average Bonchev–Trinajstić information content (AvgIpc) is 2.87. The van der Waals surface area contributed by atoms with E-state index < -0.39 is 39.3 Å². The minimum atomic E-state index is -4.56. The Morgan fingerprint density at radius 1 is 0.757 bits per heavy atom. The van der Waals surface area contributed by atoms with Crippen LogP contribution in [0.3, 0.4) is 0 Å². The number of aromatic carboxylic acids is 2. The molecule has 0 saturated carbocycles. The number of unbranched alkanes of at least 4 members (excludes halogenated alkanes) is 4. The molecule has 0 bridgehead atoms. The predicted octanol–water partition coefficient (Wildman–Crippen LogP) is 7.61. The fraction of sp³-hybridized carbons (Fsp3) is 0.571. The van der Waals surface area contributed by atoms with Gasteiger partial charge in [-0.15, -0.1) is 0 Å². The summed E-state index contributed by atoms with van der Waals surface area (Å²) in [6.07, 6.45) is 9.75. The first-order valence-electron chi connectivity index (χ1n) is 13.5. The van der Waals surface area contributed by atoms with E-state index in [1.165, 1.54) is 30.3 Å². The second-order valence-electron chi connectivity index (χ2n) is 10.2. The molecular weight excluding hydrogens is 511 g/mol. The maximum atomic E-state index is 14.3. The number of fused-ring (bicyclic) bond motifs is 1. The Morgan fingerprint density at radius 2 is 1.22 bits per heavy atom. The van der Waals surface area contributed by atoms with Crippen LogP contribution in [0.15, 0.2) is 35.2 Å². The van der Waals surface area contributed by atoms with E-state index in [-0.39, 0.29) is 10.9 Å². The summed E-state index contributed by atoms with van der Waals surface area (Å²) in [7, 11) is -4.56. The number of carboxylic acid groups (broad SMARTS) is 2. The summed E-state index contributed by atoms with van der Waals surface area (Å²) in [6, 6.07) is 6.91. The predicted molar refractivity (Wildman–Crippen MR) is 152 cm³/mol. The van der Waals surface area contributed by atoms with Gasteiger partial charge in [-0.25, -0.2) is 0 Å². The van der Waals surface area contributed by atoms with Crippen molar-refractivity contribution in [2.75, 3.05) is 24.6 Å². The van der Waals surface area contributed by atoms with Crippen molar-refractivity contribution in [1.29, 1.82) is 0 Å². The summed E-state index contributed by atoms with van der Waals surface area (Å²) in [5.41, 5.74) is -0.512. The van der Waals surface area contributed by atoms with Crippen LogP contribution >= 0.6 is 6.83 Å². The first-order chi connectivity index (χ1) is 17.5. The van der Waals surface area contributed by atoms with E-state index in [9.17, 15) is 28.2 Å². The number of carbonyl (C=O) groups is 2. The van der Waals surface area contributed by atoms with E-state index >= 15 is 0 Å². The zero-order valence-electron chi connectivity index (χ0n) is 22.7. The summed E-state index contributed by atoms with van der Waals surface area (Å²) < 4.78 is 35.3. The molecule has 0 aliphatic heterocycles. The normalized spacial score (nSPS) is 13.4. The fourth-order valence-corrected chi connectivity index (χ4v) is 15.6. The van der Waals surface area contributed by atoms with Gasteiger partial charge >= 0.3 is 222 Å². The van der Waals surface area contributed by atoms with Gasteiger partial charge in [0, 0.05) is 0 Å². The summed E-state index contributed by atoms with van der Waals surface area (Å²) in [5.74, 6) is -2.61. The van der Waals surface area contributed by atoms with Crippen molar-refractivity contribution in [3.63, 3.8) is 0 Å². The third-order valence-electron chi connectivity index (χ3n) is 7.32. The summed E-state index contributed by atoms with van der Waals surface area (Å²) in [4.78, 5) is 23.5. The summed E-state index contributed by atoms with van der Waals surface area (Å²) >= 11 is 0. The van der Waals surface area contributed by atoms with E-state index in [0.29, 0.717) is 30.0 Å². The van der Waals surface area contributed by atoms with Crippen LogP contribution in [0.25, 0.3) is 10.8 Å². The molecule has 2 N–H and O–H groups in total. The van der Waals surface area contributed by atoms with Gasteiger partial charge in [-0.3, -0.25) is 0 Å². The Bertz CT molecular complexity index is 1160. The molecule has 2 aromatic carbocycles. The molecule has 0 radical (unpaired) electrons. The van der Waals surface area contributed by atoms with Crippen molar-refractivity contribution < 1.29 is 32.2 Å². The Kier molecular flexibility index (Phi) is 11.1. The summed E-state index contributed by atoms with van der Waals surface area (Å²) in [5, 5.41) is 20.0. The maximum absolute atomic E-state index is 14.3. The second kappa shape index (κ2) is 13.2. The average molecular weight is 555 g/mol. The fourth-order valence-electron chi connectivity index (χ4n) is 5.23. The monoisotopic (exact) mass is 554 g/mol. The molecule has 9 heteroatoms. The van der Waals surface area contributed by atoms with Crippen molar-refractivity contribution >= 4 is 39.7 Å². The molecule has 0 fully saturated rings. The first kappa shape index (κ1) is 31.2. The number of benzene rings is 2. The van der Waals surface area contributed by atoms with Crippen molar-refractivity contribution in [2.24, 2.45) is 0 Å². The topological polar surface area (TPSA) is 118 Å². The Balaban J connectivity index is 2.90. The molecule has 0 aliphatic rings. The Morgan fingerprint density at radius 3 is 1.62 bits per heavy atom. The van der Waals surface area contributed by atoms with Gasteiger partial charge < -0.3 is 0 Å². The molecule has 208 valence electrons. The van der Waals surface area contributed by atoms with Gasteiger partial charge in [0.25, 0.3) is 0 Å². The minimum absolute atomic E-state index is 0.0633. The quantitative estimate of drug-likeness (QED) is 0.193. The second-order valence-corrected chi connectivity index (χ2v) is 17.6. The van der Waals surface area contributed by atoms with Gasteiger partial charge in [0.05, 0.1) is 0 Å². The SMILES string of the molecule is CCCCP(CCCC)(CCCC)(CCCC)OS(=O)(=O)c1c(C(=O)O)ccc2ccc(C(=O)O)cc12. The van der Waals surface area contributed by atoms with Gasteiger partial charge in [-0.1, -0.05) is 0 Å². The van der Waals surface area contributed by atoms with Gasteiger partial charge in [0.2, 0.25) is 0 Å². The number of hydrogen-bond acceptors (Lipinski definition) is 5. The molecule has 2 rings (SSSR count). The van der Waals surface area contributed by atoms with E-state index in [2.05, 4.69) is 27.7 Å². The van der Waals surface area contributed by atoms with Crippen LogP contribution in [-0.2, 0) is 14.1 Å². The van der Waals surface area contributed by atoms with Crippen LogP contribution in [0.4, 0.5) is 0 Å². The van der Waals surface area contributed by atoms with E-state index in [0.717, 1.165) is 51.4 Å². The van der Waals surface area contributed by atoms with Crippen LogP contribution in [0.5, 0.6) is 0 Å². The van der Waals surface area contributed by atoms with Gasteiger partial charge in [0.1, 0.15) is 0 Å². The van der Waals surface area contributed by atoms with E-state index in [1.807, 2.05) is 0 Å². The molecular formula is C28H43O7PS. The van der Waals surface area contributed by atoms with Gasteiger partial charge in [0.15, 0.2) is 0 Å². The third-order valence-corrected chi connectivity index (χ3v) is 16.5. The zero-order chi connectivity index (χ0) is 27.7. The number of hydrogen-bond donors (Lipinski definition) is 2. The molecule has 0 aliphatic carbocycles. The first-order valence-corrected chi connectivity index (χ1v) is 17.8. The molecule has 0 aromatic heterocycles. The van der Waals surface area contributed by atoms with Crippen LogP contribution in [0.2, 0.25) is 0 Å². The van der Waals surface area contributed by atoms with Gasteiger partial charge in [-0.2, -0.15) is 0 Å². The van der Waals surface area contributed by atoms with Crippen molar-refractivity contribution in [3.8, 4) is 0 Å². The van der Waals surface area contributed by atoms with Crippen LogP contribution < -0.4 is 0 Å². The Hall–Kier alpha value is -2.02. The van der Waals surface area contributed by atoms with Crippen LogP contribution in [0, 0.1) is 0 Å². The molecule has 7 nitrogen and oxygen atoms in total. The van der Waals surface area contributed by atoms with Crippen molar-refractivity contribution in [2.45, 2.75) is 84.0 Å². The van der Waals surface area contributed by atoms with E-state index in [4.69, 9.17) is 3.97 Å². The van der Waals surface area contributed by atoms with Crippen LogP contribution in [0.1, 0.15) is 99.8 Å². The van der Waals surface area contributed by atoms with E-state index in [1.54, 1.807) is 0 Å². The van der Waals surface area contributed by atoms with Crippen molar-refractivity contribution in [3.05, 3.63) is 41.5 Å². The third kappa shape index (κ3) is 7.30. The summed E-state index contributed by atoms with van der Waals surface area (Å²) in [6.45, 7) is 5.00. The molecule has 0 heterocycles. The molecule has 37 heavy (non-hydrogen) atoms. The van der Waals surface area contributed by atoms with Crippen molar-refractivity contribution in [1.82, 2.24) is 0 Å². The molecule has 2 aromatic rings.